The van der Waals surface area contributed by atoms with Crippen LogP contribution in [0.25, 0.3) is 0 Å². The number of rotatable bonds is 7. The Labute approximate surface area is 90.6 Å². The van der Waals surface area contributed by atoms with Gasteiger partial charge in [-0.15, -0.1) is 0 Å². The lowest BCUT2D eigenvalue weighted by molar-refractivity contribution is -0.152. The molecule has 0 aromatic rings. The molecule has 0 aromatic carbocycles. The van der Waals surface area contributed by atoms with E-state index in [4.69, 9.17) is 10.2 Å². The summed E-state index contributed by atoms with van der Waals surface area (Å²) in [6, 6.07) is 0. The first-order valence-corrected chi connectivity index (χ1v) is 5.00. The first-order valence-electron chi connectivity index (χ1n) is 5.00. The Bertz CT molecular complexity index is 188. The van der Waals surface area contributed by atoms with Crippen molar-refractivity contribution >= 4 is 5.97 Å². The Kier molecular flexibility index (Phi) is 6.47. The molecule has 0 spiro atoms. The number of aliphatic hydroxyl groups excluding tert-OH is 2. The number of esters is 1. The second-order valence-corrected chi connectivity index (χ2v) is 4.10. The van der Waals surface area contributed by atoms with Gasteiger partial charge in [-0.1, -0.05) is 0 Å². The molecule has 90 valence electrons. The van der Waals surface area contributed by atoms with Crippen LogP contribution in [-0.2, 0) is 9.53 Å². The molecule has 0 saturated heterocycles. The zero-order valence-corrected chi connectivity index (χ0v) is 9.69. The van der Waals surface area contributed by atoms with E-state index in [0.29, 0.717) is 19.6 Å². The van der Waals surface area contributed by atoms with Crippen molar-refractivity contribution in [2.75, 3.05) is 40.0 Å². The van der Waals surface area contributed by atoms with Crippen molar-refractivity contribution < 1.29 is 19.7 Å². The van der Waals surface area contributed by atoms with E-state index in [1.54, 1.807) is 13.8 Å². The molecule has 2 N–H and O–H groups in total. The molecule has 0 atom stereocenters. The molecule has 0 heterocycles. The van der Waals surface area contributed by atoms with Crippen LogP contribution in [-0.4, -0.2) is 61.0 Å². The fraction of sp³-hybridized carbons (Fsp3) is 0.900. The molecule has 5 nitrogen and oxygen atoms in total. The molecule has 0 aliphatic rings. The third kappa shape index (κ3) is 5.11. The van der Waals surface area contributed by atoms with Gasteiger partial charge < -0.3 is 14.9 Å². The summed E-state index contributed by atoms with van der Waals surface area (Å²) in [5.41, 5.74) is -0.626. The van der Waals surface area contributed by atoms with Crippen LogP contribution in [0.3, 0.4) is 0 Å². The van der Waals surface area contributed by atoms with Crippen LogP contribution in [0.5, 0.6) is 0 Å². The Morgan fingerprint density at radius 3 is 2.07 bits per heavy atom. The molecule has 5 heteroatoms. The van der Waals surface area contributed by atoms with E-state index in [-0.39, 0.29) is 19.2 Å². The van der Waals surface area contributed by atoms with Crippen molar-refractivity contribution in [2.24, 2.45) is 5.41 Å². The highest BCUT2D eigenvalue weighted by molar-refractivity contribution is 5.76. The molecule has 0 amide bonds. The summed E-state index contributed by atoms with van der Waals surface area (Å²) in [7, 11) is 1.35. The zero-order chi connectivity index (χ0) is 11.9. The van der Waals surface area contributed by atoms with Crippen LogP contribution in [0, 0.1) is 5.41 Å². The van der Waals surface area contributed by atoms with Gasteiger partial charge in [0.1, 0.15) is 0 Å². The normalized spacial score (nSPS) is 11.9. The van der Waals surface area contributed by atoms with Crippen molar-refractivity contribution in [3.05, 3.63) is 0 Å². The summed E-state index contributed by atoms with van der Waals surface area (Å²) in [6.07, 6.45) is 0. The quantitative estimate of drug-likeness (QED) is 0.563. The van der Waals surface area contributed by atoms with Crippen LogP contribution >= 0.6 is 0 Å². The monoisotopic (exact) mass is 219 g/mol. The Morgan fingerprint density at radius 2 is 1.73 bits per heavy atom. The summed E-state index contributed by atoms with van der Waals surface area (Å²) < 4.78 is 4.68. The molecule has 0 bridgehead atoms. The number of carbonyl (C=O) groups excluding carboxylic acids is 1. The lowest BCUT2D eigenvalue weighted by Gasteiger charge is -2.29. The number of hydrogen-bond acceptors (Lipinski definition) is 5. The third-order valence-corrected chi connectivity index (χ3v) is 2.19. The highest BCUT2D eigenvalue weighted by Crippen LogP contribution is 2.18. The SMILES string of the molecule is COC(=O)C(C)(C)CN(CCO)CCO. The van der Waals surface area contributed by atoms with Gasteiger partial charge in [0.05, 0.1) is 25.7 Å². The Morgan fingerprint density at radius 1 is 1.27 bits per heavy atom. The molecule has 0 unspecified atom stereocenters. The second kappa shape index (κ2) is 6.76. The molecule has 0 fully saturated rings. The van der Waals surface area contributed by atoms with E-state index in [1.165, 1.54) is 7.11 Å². The van der Waals surface area contributed by atoms with E-state index in [0.717, 1.165) is 0 Å². The fourth-order valence-corrected chi connectivity index (χ4v) is 1.45. The maximum absolute atomic E-state index is 11.4. The number of ether oxygens (including phenoxy) is 1. The van der Waals surface area contributed by atoms with Crippen molar-refractivity contribution in [1.29, 1.82) is 0 Å². The maximum Gasteiger partial charge on any atom is 0.312 e. The van der Waals surface area contributed by atoms with Gasteiger partial charge in [-0.05, 0) is 13.8 Å². The van der Waals surface area contributed by atoms with E-state index in [2.05, 4.69) is 4.74 Å². The molecular formula is C10H21NO4. The lowest BCUT2D eigenvalue weighted by atomic mass is 9.93. The van der Waals surface area contributed by atoms with E-state index in [1.807, 2.05) is 4.90 Å². The number of methoxy groups -OCH3 is 1. The van der Waals surface area contributed by atoms with Gasteiger partial charge in [-0.25, -0.2) is 0 Å². The molecular weight excluding hydrogens is 198 g/mol. The van der Waals surface area contributed by atoms with Gasteiger partial charge in [-0.2, -0.15) is 0 Å². The lowest BCUT2D eigenvalue weighted by Crippen LogP contribution is -2.42. The molecule has 0 radical (unpaired) electrons. The van der Waals surface area contributed by atoms with E-state index in [9.17, 15) is 4.79 Å². The highest BCUT2D eigenvalue weighted by Gasteiger charge is 2.30. The standard InChI is InChI=1S/C10H21NO4/c1-10(2,9(14)15-3)8-11(4-6-12)5-7-13/h12-13H,4-8H2,1-3H3. The second-order valence-electron chi connectivity index (χ2n) is 4.10. The van der Waals surface area contributed by atoms with Gasteiger partial charge in [0.2, 0.25) is 0 Å². The minimum Gasteiger partial charge on any atom is -0.469 e. The highest BCUT2D eigenvalue weighted by atomic mass is 16.5. The van der Waals surface area contributed by atoms with Gasteiger partial charge in [0.15, 0.2) is 0 Å². The van der Waals surface area contributed by atoms with Crippen molar-refractivity contribution in [3.63, 3.8) is 0 Å². The summed E-state index contributed by atoms with van der Waals surface area (Å²) in [5.74, 6) is -0.289. The van der Waals surface area contributed by atoms with Crippen LogP contribution in [0.15, 0.2) is 0 Å². The smallest absolute Gasteiger partial charge is 0.312 e. The molecule has 15 heavy (non-hydrogen) atoms. The number of aliphatic hydroxyl groups is 2. The van der Waals surface area contributed by atoms with Crippen LogP contribution in [0.4, 0.5) is 0 Å². The fourth-order valence-electron chi connectivity index (χ4n) is 1.45. The van der Waals surface area contributed by atoms with Crippen LogP contribution in [0.2, 0.25) is 0 Å². The third-order valence-electron chi connectivity index (χ3n) is 2.19. The number of carbonyl (C=O) groups is 1. The van der Waals surface area contributed by atoms with E-state index < -0.39 is 5.41 Å². The van der Waals surface area contributed by atoms with Gasteiger partial charge in [0, 0.05) is 19.6 Å². The average Bonchev–Trinajstić information content (AvgIpc) is 2.16. The van der Waals surface area contributed by atoms with Gasteiger partial charge in [0.25, 0.3) is 0 Å². The van der Waals surface area contributed by atoms with Crippen molar-refractivity contribution in [3.8, 4) is 0 Å². The Hall–Kier alpha value is -0.650. The largest absolute Gasteiger partial charge is 0.469 e. The first kappa shape index (κ1) is 14.3. The Balaban J connectivity index is 4.29. The molecule has 0 aliphatic heterocycles. The van der Waals surface area contributed by atoms with Gasteiger partial charge >= 0.3 is 5.97 Å². The molecule has 0 rings (SSSR count). The zero-order valence-electron chi connectivity index (χ0n) is 9.69. The topological polar surface area (TPSA) is 70.0 Å². The minimum atomic E-state index is -0.626. The minimum absolute atomic E-state index is 0.0112. The average molecular weight is 219 g/mol. The van der Waals surface area contributed by atoms with E-state index >= 15 is 0 Å². The molecule has 0 aromatic heterocycles. The predicted octanol–water partition coefficient (Wildman–Crippen LogP) is -0.528. The first-order chi connectivity index (χ1) is 6.97. The predicted molar refractivity (Wildman–Crippen MR) is 56.4 cm³/mol. The molecule has 0 saturated carbocycles. The summed E-state index contributed by atoms with van der Waals surface area (Å²) in [6.45, 7) is 4.93. The van der Waals surface area contributed by atoms with Crippen molar-refractivity contribution in [2.45, 2.75) is 13.8 Å². The van der Waals surface area contributed by atoms with Crippen LogP contribution < -0.4 is 0 Å². The van der Waals surface area contributed by atoms with Gasteiger partial charge in [-0.3, -0.25) is 9.69 Å². The summed E-state index contributed by atoms with van der Waals surface area (Å²) in [4.78, 5) is 13.2. The summed E-state index contributed by atoms with van der Waals surface area (Å²) in [5, 5.41) is 17.6. The molecule has 0 aliphatic carbocycles. The number of hydrogen-bond donors (Lipinski definition) is 2. The maximum atomic E-state index is 11.4. The summed E-state index contributed by atoms with van der Waals surface area (Å²) >= 11 is 0. The van der Waals surface area contributed by atoms with Crippen LogP contribution in [0.1, 0.15) is 13.8 Å². The number of nitrogens with zero attached hydrogens (tertiary/aromatic N) is 1. The van der Waals surface area contributed by atoms with Crippen molar-refractivity contribution in [1.82, 2.24) is 4.90 Å².